The third-order valence-electron chi connectivity index (χ3n) is 4.20. The van der Waals surface area contributed by atoms with E-state index in [4.69, 9.17) is 4.74 Å². The van der Waals surface area contributed by atoms with E-state index in [2.05, 4.69) is 20.4 Å². The number of amides is 1. The van der Waals surface area contributed by atoms with Gasteiger partial charge in [-0.05, 0) is 31.9 Å². The van der Waals surface area contributed by atoms with Gasteiger partial charge in [0.2, 0.25) is 11.8 Å². The molecular formula is C16H21N5O2. The van der Waals surface area contributed by atoms with Crippen molar-refractivity contribution in [3.63, 3.8) is 0 Å². The lowest BCUT2D eigenvalue weighted by atomic mass is 10.1. The fourth-order valence-electron chi connectivity index (χ4n) is 2.90. The van der Waals surface area contributed by atoms with Gasteiger partial charge in [0.15, 0.2) is 0 Å². The molecule has 1 fully saturated rings. The summed E-state index contributed by atoms with van der Waals surface area (Å²) in [4.78, 5) is 14.2. The molecule has 1 aliphatic rings. The molecule has 1 saturated heterocycles. The Kier molecular flexibility index (Phi) is 4.55. The Morgan fingerprint density at radius 1 is 1.48 bits per heavy atom. The van der Waals surface area contributed by atoms with Crippen LogP contribution in [0.3, 0.4) is 0 Å². The van der Waals surface area contributed by atoms with Gasteiger partial charge in [0.1, 0.15) is 6.10 Å². The first-order valence-corrected chi connectivity index (χ1v) is 7.86. The first-order valence-electron chi connectivity index (χ1n) is 7.86. The standard InChI is InChI=1S/C16H21N5O2/c1-11-14(12(2)19-18-11)5-6-16(22)21-9-7-13(10-21)23-15-4-3-8-17-20-15/h3-4,8,13H,5-7,9-10H2,1-2H3,(H,18,19). The number of aromatic nitrogens is 4. The van der Waals surface area contributed by atoms with E-state index >= 15 is 0 Å². The predicted molar refractivity (Wildman–Crippen MR) is 84.0 cm³/mol. The minimum atomic E-state index is -0.00644. The van der Waals surface area contributed by atoms with E-state index in [0.717, 1.165) is 36.3 Å². The second-order valence-corrected chi connectivity index (χ2v) is 5.84. The van der Waals surface area contributed by atoms with Crippen LogP contribution in [0.1, 0.15) is 29.8 Å². The van der Waals surface area contributed by atoms with E-state index in [1.165, 1.54) is 0 Å². The van der Waals surface area contributed by atoms with Gasteiger partial charge in [0.25, 0.3) is 0 Å². The highest BCUT2D eigenvalue weighted by atomic mass is 16.5. The quantitative estimate of drug-likeness (QED) is 0.902. The van der Waals surface area contributed by atoms with E-state index in [1.54, 1.807) is 18.3 Å². The van der Waals surface area contributed by atoms with Crippen molar-refractivity contribution >= 4 is 5.91 Å². The molecule has 0 radical (unpaired) electrons. The maximum Gasteiger partial charge on any atom is 0.233 e. The highest BCUT2D eigenvalue weighted by Gasteiger charge is 2.27. The van der Waals surface area contributed by atoms with Gasteiger partial charge in [-0.2, -0.15) is 10.2 Å². The summed E-state index contributed by atoms with van der Waals surface area (Å²) in [6, 6.07) is 3.57. The third-order valence-corrected chi connectivity index (χ3v) is 4.20. The molecule has 2 aromatic rings. The molecule has 3 heterocycles. The number of carbonyl (C=O) groups is 1. The zero-order chi connectivity index (χ0) is 16.2. The van der Waals surface area contributed by atoms with Gasteiger partial charge in [-0.15, -0.1) is 5.10 Å². The summed E-state index contributed by atoms with van der Waals surface area (Å²) in [6.07, 6.45) is 3.65. The molecule has 0 spiro atoms. The van der Waals surface area contributed by atoms with Crippen LogP contribution < -0.4 is 4.74 Å². The maximum atomic E-state index is 12.4. The summed E-state index contributed by atoms with van der Waals surface area (Å²) < 4.78 is 5.76. The number of hydrogen-bond donors (Lipinski definition) is 1. The smallest absolute Gasteiger partial charge is 0.233 e. The minimum absolute atomic E-state index is 0.00644. The Morgan fingerprint density at radius 3 is 3.04 bits per heavy atom. The molecule has 0 saturated carbocycles. The number of rotatable bonds is 5. The molecule has 1 N–H and O–H groups in total. The number of aromatic amines is 1. The lowest BCUT2D eigenvalue weighted by Crippen LogP contribution is -2.31. The van der Waals surface area contributed by atoms with Gasteiger partial charge in [-0.3, -0.25) is 9.89 Å². The van der Waals surface area contributed by atoms with Gasteiger partial charge in [-0.25, -0.2) is 0 Å². The highest BCUT2D eigenvalue weighted by Crippen LogP contribution is 2.18. The predicted octanol–water partition coefficient (Wildman–Crippen LogP) is 1.43. The lowest BCUT2D eigenvalue weighted by Gasteiger charge is -2.17. The number of carbonyl (C=O) groups excluding carboxylic acids is 1. The number of H-pyrrole nitrogens is 1. The molecule has 3 rings (SSSR count). The van der Waals surface area contributed by atoms with Crippen LogP contribution in [0.15, 0.2) is 18.3 Å². The fourth-order valence-corrected chi connectivity index (χ4v) is 2.90. The minimum Gasteiger partial charge on any atom is -0.471 e. The number of hydrogen-bond acceptors (Lipinski definition) is 5. The Balaban J connectivity index is 1.49. The molecular weight excluding hydrogens is 294 g/mol. The second kappa shape index (κ2) is 6.76. The van der Waals surface area contributed by atoms with Crippen LogP contribution in [-0.2, 0) is 11.2 Å². The first-order chi connectivity index (χ1) is 11.1. The molecule has 2 aromatic heterocycles. The lowest BCUT2D eigenvalue weighted by molar-refractivity contribution is -0.130. The summed E-state index contributed by atoms with van der Waals surface area (Å²) in [5.41, 5.74) is 3.16. The molecule has 7 nitrogen and oxygen atoms in total. The summed E-state index contributed by atoms with van der Waals surface area (Å²) in [5.74, 6) is 0.673. The molecule has 122 valence electrons. The molecule has 1 amide bonds. The van der Waals surface area contributed by atoms with E-state index in [0.29, 0.717) is 18.8 Å². The van der Waals surface area contributed by atoms with Crippen molar-refractivity contribution in [3.8, 4) is 5.88 Å². The van der Waals surface area contributed by atoms with Crippen LogP contribution in [0.25, 0.3) is 0 Å². The van der Waals surface area contributed by atoms with Crippen LogP contribution in [0, 0.1) is 13.8 Å². The molecule has 0 bridgehead atoms. The van der Waals surface area contributed by atoms with Gasteiger partial charge in [0.05, 0.1) is 12.2 Å². The van der Waals surface area contributed by atoms with E-state index in [-0.39, 0.29) is 12.0 Å². The van der Waals surface area contributed by atoms with Gasteiger partial charge < -0.3 is 9.64 Å². The van der Waals surface area contributed by atoms with Crippen molar-refractivity contribution in [2.24, 2.45) is 0 Å². The van der Waals surface area contributed by atoms with Crippen LogP contribution in [-0.4, -0.2) is 50.4 Å². The monoisotopic (exact) mass is 315 g/mol. The van der Waals surface area contributed by atoms with Gasteiger partial charge in [-0.1, -0.05) is 0 Å². The van der Waals surface area contributed by atoms with Crippen LogP contribution in [0.2, 0.25) is 0 Å². The number of nitrogens with zero attached hydrogens (tertiary/aromatic N) is 4. The molecule has 0 aliphatic carbocycles. The van der Waals surface area contributed by atoms with Gasteiger partial charge in [0, 0.05) is 37.3 Å². The first kappa shape index (κ1) is 15.5. The van der Waals surface area contributed by atoms with Crippen molar-refractivity contribution in [2.75, 3.05) is 13.1 Å². The highest BCUT2D eigenvalue weighted by molar-refractivity contribution is 5.76. The van der Waals surface area contributed by atoms with Crippen molar-refractivity contribution in [1.29, 1.82) is 0 Å². The Morgan fingerprint density at radius 2 is 2.35 bits per heavy atom. The van der Waals surface area contributed by atoms with Crippen molar-refractivity contribution in [3.05, 3.63) is 35.3 Å². The maximum absolute atomic E-state index is 12.4. The Hall–Kier alpha value is -2.44. The van der Waals surface area contributed by atoms with Crippen molar-refractivity contribution in [1.82, 2.24) is 25.3 Å². The van der Waals surface area contributed by atoms with E-state index in [9.17, 15) is 4.79 Å². The Bertz CT molecular complexity index is 651. The average Bonchev–Trinajstić information content (AvgIpc) is 3.14. The third kappa shape index (κ3) is 3.67. The van der Waals surface area contributed by atoms with Crippen LogP contribution in [0.4, 0.5) is 0 Å². The SMILES string of the molecule is Cc1n[nH]c(C)c1CCC(=O)N1CCC(Oc2cccnn2)C1. The van der Waals surface area contributed by atoms with E-state index in [1.807, 2.05) is 18.7 Å². The average molecular weight is 315 g/mol. The second-order valence-electron chi connectivity index (χ2n) is 5.84. The number of nitrogens with one attached hydrogen (secondary N) is 1. The summed E-state index contributed by atoms with van der Waals surface area (Å²) in [6.45, 7) is 5.29. The fraction of sp³-hybridized carbons (Fsp3) is 0.500. The molecule has 7 heteroatoms. The number of ether oxygens (including phenoxy) is 1. The topological polar surface area (TPSA) is 84.0 Å². The van der Waals surface area contributed by atoms with Gasteiger partial charge >= 0.3 is 0 Å². The number of likely N-dealkylation sites (tertiary alicyclic amines) is 1. The van der Waals surface area contributed by atoms with Crippen molar-refractivity contribution < 1.29 is 9.53 Å². The molecule has 1 atom stereocenters. The molecule has 0 aromatic carbocycles. The summed E-state index contributed by atoms with van der Waals surface area (Å²) in [7, 11) is 0. The number of aryl methyl sites for hydroxylation is 2. The van der Waals surface area contributed by atoms with Crippen LogP contribution in [0.5, 0.6) is 5.88 Å². The normalized spacial score (nSPS) is 17.5. The van der Waals surface area contributed by atoms with Crippen molar-refractivity contribution in [2.45, 2.75) is 39.2 Å². The molecule has 1 aliphatic heterocycles. The zero-order valence-corrected chi connectivity index (χ0v) is 13.5. The largest absolute Gasteiger partial charge is 0.471 e. The molecule has 23 heavy (non-hydrogen) atoms. The zero-order valence-electron chi connectivity index (χ0n) is 13.5. The van der Waals surface area contributed by atoms with Crippen LogP contribution >= 0.6 is 0 Å². The summed E-state index contributed by atoms with van der Waals surface area (Å²) in [5, 5.41) is 14.8. The molecule has 1 unspecified atom stereocenters. The Labute approximate surface area is 135 Å². The summed E-state index contributed by atoms with van der Waals surface area (Å²) >= 11 is 0. The van der Waals surface area contributed by atoms with E-state index < -0.39 is 0 Å².